The lowest BCUT2D eigenvalue weighted by Gasteiger charge is -2.44. The molecule has 0 bridgehead atoms. The number of aryl methyl sites for hydroxylation is 2. The predicted octanol–water partition coefficient (Wildman–Crippen LogP) is 3.05. The van der Waals surface area contributed by atoms with Gasteiger partial charge in [-0.2, -0.15) is 0 Å². The van der Waals surface area contributed by atoms with Gasteiger partial charge in [0.25, 0.3) is 0 Å². The van der Waals surface area contributed by atoms with E-state index in [1.807, 2.05) is 0 Å². The minimum atomic E-state index is 0.663. The third-order valence-electron chi connectivity index (χ3n) is 4.89. The molecule has 1 aromatic rings. The molecule has 0 unspecified atom stereocenters. The summed E-state index contributed by atoms with van der Waals surface area (Å²) in [6, 6.07) is 7.64. The number of nitrogens with one attached hydrogen (secondary N) is 1. The first-order valence-electron chi connectivity index (χ1n) is 7.77. The van der Waals surface area contributed by atoms with Crippen LogP contribution in [0.25, 0.3) is 0 Å². The van der Waals surface area contributed by atoms with Crippen molar-refractivity contribution in [3.05, 3.63) is 34.9 Å². The molecule has 1 saturated carbocycles. The van der Waals surface area contributed by atoms with Crippen LogP contribution in [0.4, 0.5) is 0 Å². The molecule has 1 N–H and O–H groups in total. The summed E-state index contributed by atoms with van der Waals surface area (Å²) in [7, 11) is 0. The van der Waals surface area contributed by atoms with Gasteiger partial charge in [0.1, 0.15) is 0 Å². The van der Waals surface area contributed by atoms with Gasteiger partial charge in [-0.15, -0.1) is 0 Å². The van der Waals surface area contributed by atoms with Crippen molar-refractivity contribution in [3.8, 4) is 0 Å². The molecule has 1 saturated heterocycles. The molecule has 2 heteroatoms. The fraction of sp³-hybridized carbons (Fsp3) is 0.647. The minimum Gasteiger partial charge on any atom is -0.314 e. The number of benzene rings is 1. The molecule has 2 nitrogen and oxygen atoms in total. The second-order valence-corrected chi connectivity index (χ2v) is 6.28. The van der Waals surface area contributed by atoms with Gasteiger partial charge in [0.2, 0.25) is 0 Å². The number of piperazine rings is 1. The normalized spacial score (nSPS) is 23.1. The van der Waals surface area contributed by atoms with Gasteiger partial charge < -0.3 is 5.32 Å². The Bertz CT molecular complexity index is 431. The molecular weight excluding hydrogens is 232 g/mol. The largest absolute Gasteiger partial charge is 0.314 e. The zero-order chi connectivity index (χ0) is 13.2. The van der Waals surface area contributed by atoms with E-state index in [1.165, 1.54) is 43.5 Å². The number of rotatable bonds is 3. The quantitative estimate of drug-likeness (QED) is 0.896. The lowest BCUT2D eigenvalue weighted by atomic mass is 9.75. The first kappa shape index (κ1) is 13.1. The summed E-state index contributed by atoms with van der Waals surface area (Å²) in [4.78, 5) is 2.72. The van der Waals surface area contributed by atoms with Crippen molar-refractivity contribution < 1.29 is 0 Å². The molecule has 2 aliphatic rings. The highest BCUT2D eigenvalue weighted by Gasteiger charge is 2.34. The molecule has 3 rings (SSSR count). The Balaban J connectivity index is 1.90. The van der Waals surface area contributed by atoms with Crippen LogP contribution < -0.4 is 5.32 Å². The average Bonchev–Trinajstić information content (AvgIpc) is 2.38. The standard InChI is InChI=1S/C17H26N2/c1-13-6-7-14(2)16(12-13)17(15-4-3-5-15)19-10-8-18-9-11-19/h6-7,12,15,17-18H,3-5,8-11H2,1-2H3/t17-/m0/s1. The Hall–Kier alpha value is -0.860. The van der Waals surface area contributed by atoms with E-state index >= 15 is 0 Å². The van der Waals surface area contributed by atoms with Gasteiger partial charge in [-0.25, -0.2) is 0 Å². The molecule has 0 aromatic heterocycles. The number of hydrogen-bond donors (Lipinski definition) is 1. The molecular formula is C17H26N2. The Morgan fingerprint density at radius 2 is 1.89 bits per heavy atom. The van der Waals surface area contributed by atoms with Gasteiger partial charge in [0.15, 0.2) is 0 Å². The van der Waals surface area contributed by atoms with Crippen LogP contribution in [0.15, 0.2) is 18.2 Å². The molecule has 1 heterocycles. The van der Waals surface area contributed by atoms with E-state index in [1.54, 1.807) is 5.56 Å². The van der Waals surface area contributed by atoms with E-state index in [4.69, 9.17) is 0 Å². The lowest BCUT2D eigenvalue weighted by Crippen LogP contribution is -2.48. The SMILES string of the molecule is Cc1ccc(C)c([C@H](C2CCC2)N2CCNCC2)c1. The molecule has 1 aliphatic heterocycles. The van der Waals surface area contributed by atoms with Crippen LogP contribution in [0.2, 0.25) is 0 Å². The Morgan fingerprint density at radius 1 is 1.16 bits per heavy atom. The number of nitrogens with zero attached hydrogens (tertiary/aromatic N) is 1. The highest BCUT2D eigenvalue weighted by atomic mass is 15.2. The molecule has 2 fully saturated rings. The Kier molecular flexibility index (Phi) is 3.90. The Labute approximate surface area is 117 Å². The zero-order valence-corrected chi connectivity index (χ0v) is 12.3. The van der Waals surface area contributed by atoms with Crippen LogP contribution in [0.3, 0.4) is 0 Å². The number of hydrogen-bond acceptors (Lipinski definition) is 2. The second-order valence-electron chi connectivity index (χ2n) is 6.28. The monoisotopic (exact) mass is 258 g/mol. The summed E-state index contributed by atoms with van der Waals surface area (Å²) in [6.45, 7) is 9.20. The van der Waals surface area contributed by atoms with Crippen molar-refractivity contribution >= 4 is 0 Å². The highest BCUT2D eigenvalue weighted by Crippen LogP contribution is 2.42. The van der Waals surface area contributed by atoms with Crippen molar-refractivity contribution in [2.45, 2.75) is 39.2 Å². The molecule has 1 aromatic carbocycles. The van der Waals surface area contributed by atoms with Crippen molar-refractivity contribution in [1.82, 2.24) is 10.2 Å². The molecule has 0 radical (unpaired) electrons. The molecule has 104 valence electrons. The van der Waals surface area contributed by atoms with E-state index in [2.05, 4.69) is 42.3 Å². The fourth-order valence-electron chi connectivity index (χ4n) is 3.54. The minimum absolute atomic E-state index is 0.663. The maximum absolute atomic E-state index is 3.48. The van der Waals surface area contributed by atoms with Gasteiger partial charge in [-0.3, -0.25) is 4.90 Å². The summed E-state index contributed by atoms with van der Waals surface area (Å²) in [5.41, 5.74) is 4.47. The molecule has 0 amide bonds. The Morgan fingerprint density at radius 3 is 2.53 bits per heavy atom. The predicted molar refractivity (Wildman–Crippen MR) is 80.4 cm³/mol. The van der Waals surface area contributed by atoms with Gasteiger partial charge in [-0.05, 0) is 43.7 Å². The summed E-state index contributed by atoms with van der Waals surface area (Å²) in [5.74, 6) is 0.888. The maximum Gasteiger partial charge on any atom is 0.0380 e. The third kappa shape index (κ3) is 2.70. The molecule has 19 heavy (non-hydrogen) atoms. The van der Waals surface area contributed by atoms with Crippen molar-refractivity contribution in [3.63, 3.8) is 0 Å². The lowest BCUT2D eigenvalue weighted by molar-refractivity contribution is 0.0832. The van der Waals surface area contributed by atoms with Gasteiger partial charge in [0.05, 0.1) is 0 Å². The van der Waals surface area contributed by atoms with E-state index in [-0.39, 0.29) is 0 Å². The summed E-state index contributed by atoms with van der Waals surface area (Å²) >= 11 is 0. The van der Waals surface area contributed by atoms with Gasteiger partial charge in [0, 0.05) is 32.2 Å². The maximum atomic E-state index is 3.48. The fourth-order valence-corrected chi connectivity index (χ4v) is 3.54. The third-order valence-corrected chi connectivity index (χ3v) is 4.89. The van der Waals surface area contributed by atoms with Crippen LogP contribution in [-0.4, -0.2) is 31.1 Å². The topological polar surface area (TPSA) is 15.3 Å². The van der Waals surface area contributed by atoms with Crippen LogP contribution >= 0.6 is 0 Å². The van der Waals surface area contributed by atoms with Gasteiger partial charge in [-0.1, -0.05) is 30.2 Å². The summed E-state index contributed by atoms with van der Waals surface area (Å²) in [6.07, 6.45) is 4.27. The first-order chi connectivity index (χ1) is 9.25. The highest BCUT2D eigenvalue weighted by molar-refractivity contribution is 5.34. The van der Waals surface area contributed by atoms with E-state index in [0.29, 0.717) is 6.04 Å². The van der Waals surface area contributed by atoms with Crippen LogP contribution in [0, 0.1) is 19.8 Å². The van der Waals surface area contributed by atoms with E-state index in [0.717, 1.165) is 19.0 Å². The summed E-state index contributed by atoms with van der Waals surface area (Å²) in [5, 5.41) is 3.48. The molecule has 1 aliphatic carbocycles. The van der Waals surface area contributed by atoms with E-state index < -0.39 is 0 Å². The smallest absolute Gasteiger partial charge is 0.0380 e. The summed E-state index contributed by atoms with van der Waals surface area (Å²) < 4.78 is 0. The molecule has 0 spiro atoms. The molecule has 1 atom stereocenters. The van der Waals surface area contributed by atoms with E-state index in [9.17, 15) is 0 Å². The van der Waals surface area contributed by atoms with Crippen LogP contribution in [0.1, 0.15) is 42.0 Å². The van der Waals surface area contributed by atoms with Crippen LogP contribution in [-0.2, 0) is 0 Å². The average molecular weight is 258 g/mol. The van der Waals surface area contributed by atoms with Crippen LogP contribution in [0.5, 0.6) is 0 Å². The second kappa shape index (κ2) is 5.64. The van der Waals surface area contributed by atoms with Gasteiger partial charge >= 0.3 is 0 Å². The van der Waals surface area contributed by atoms with Crippen molar-refractivity contribution in [2.75, 3.05) is 26.2 Å². The van der Waals surface area contributed by atoms with Crippen molar-refractivity contribution in [2.24, 2.45) is 5.92 Å². The zero-order valence-electron chi connectivity index (χ0n) is 12.3. The van der Waals surface area contributed by atoms with Crippen molar-refractivity contribution in [1.29, 1.82) is 0 Å². The first-order valence-corrected chi connectivity index (χ1v) is 7.77.